The molecule has 0 saturated heterocycles. The molecular formula is C19H16ClN3O7S. The highest BCUT2D eigenvalue weighted by atomic mass is 35.5. The zero-order valence-corrected chi connectivity index (χ0v) is 17.7. The van der Waals surface area contributed by atoms with Crippen molar-refractivity contribution in [2.45, 2.75) is 20.0 Å². The molecule has 10 nitrogen and oxygen atoms in total. The molecule has 3 aromatic rings. The van der Waals surface area contributed by atoms with E-state index in [1.54, 1.807) is 12.3 Å². The SMILES string of the molecule is CCOC(=O)Cc1csc(NC(=O)c2ccc(COc3cc([N+](=O)[O-])ccc3Cl)o2)n1. The van der Waals surface area contributed by atoms with Gasteiger partial charge in [-0.05, 0) is 25.1 Å². The van der Waals surface area contributed by atoms with Gasteiger partial charge >= 0.3 is 5.97 Å². The Bertz CT molecular complexity index is 1110. The predicted octanol–water partition coefficient (Wildman–Crippen LogP) is 4.23. The monoisotopic (exact) mass is 465 g/mol. The lowest BCUT2D eigenvalue weighted by Crippen LogP contribution is -2.11. The first-order valence-corrected chi connectivity index (χ1v) is 10.2. The van der Waals surface area contributed by atoms with Crippen LogP contribution < -0.4 is 10.1 Å². The van der Waals surface area contributed by atoms with Crippen LogP contribution >= 0.6 is 22.9 Å². The smallest absolute Gasteiger partial charge is 0.311 e. The number of nitrogens with one attached hydrogen (secondary N) is 1. The minimum Gasteiger partial charge on any atom is -0.484 e. The van der Waals surface area contributed by atoms with Crippen LogP contribution in [0.15, 0.2) is 40.1 Å². The number of nitro groups is 1. The number of carbonyl (C=O) groups is 2. The van der Waals surface area contributed by atoms with E-state index in [4.69, 9.17) is 25.5 Å². The van der Waals surface area contributed by atoms with Crippen molar-refractivity contribution < 1.29 is 28.4 Å². The number of rotatable bonds is 9. The zero-order valence-electron chi connectivity index (χ0n) is 16.1. The summed E-state index contributed by atoms with van der Waals surface area (Å²) in [5, 5.41) is 15.6. The number of esters is 1. The number of hydrogen-bond acceptors (Lipinski definition) is 9. The molecule has 0 unspecified atom stereocenters. The maximum absolute atomic E-state index is 12.3. The Morgan fingerprint density at radius 1 is 1.32 bits per heavy atom. The summed E-state index contributed by atoms with van der Waals surface area (Å²) < 4.78 is 15.8. The summed E-state index contributed by atoms with van der Waals surface area (Å²) in [4.78, 5) is 38.3. The highest BCUT2D eigenvalue weighted by molar-refractivity contribution is 7.14. The fourth-order valence-electron chi connectivity index (χ4n) is 2.41. The molecule has 0 atom stereocenters. The molecular weight excluding hydrogens is 450 g/mol. The van der Waals surface area contributed by atoms with Crippen molar-refractivity contribution >= 4 is 45.6 Å². The Kier molecular flexibility index (Phi) is 7.21. The Morgan fingerprint density at radius 3 is 2.87 bits per heavy atom. The fourth-order valence-corrected chi connectivity index (χ4v) is 3.28. The largest absolute Gasteiger partial charge is 0.484 e. The van der Waals surface area contributed by atoms with Gasteiger partial charge in [0.15, 0.2) is 10.9 Å². The topological polar surface area (TPSA) is 134 Å². The summed E-state index contributed by atoms with van der Waals surface area (Å²) in [5.41, 5.74) is 0.325. The van der Waals surface area contributed by atoms with Gasteiger partial charge in [0.25, 0.3) is 11.6 Å². The molecule has 2 heterocycles. The average Bonchev–Trinajstić information content (AvgIpc) is 3.37. The normalized spacial score (nSPS) is 10.5. The molecule has 162 valence electrons. The average molecular weight is 466 g/mol. The Hall–Kier alpha value is -3.44. The number of hydrogen-bond donors (Lipinski definition) is 1. The molecule has 0 saturated carbocycles. The van der Waals surface area contributed by atoms with Gasteiger partial charge in [-0.2, -0.15) is 0 Å². The van der Waals surface area contributed by atoms with E-state index >= 15 is 0 Å². The summed E-state index contributed by atoms with van der Waals surface area (Å²) >= 11 is 7.15. The molecule has 1 N–H and O–H groups in total. The van der Waals surface area contributed by atoms with Crippen LogP contribution in [0.1, 0.15) is 28.9 Å². The first-order valence-electron chi connectivity index (χ1n) is 8.92. The van der Waals surface area contributed by atoms with E-state index in [-0.39, 0.29) is 41.9 Å². The molecule has 1 aromatic carbocycles. The minimum atomic E-state index is -0.560. The van der Waals surface area contributed by atoms with E-state index in [2.05, 4.69) is 10.3 Å². The zero-order chi connectivity index (χ0) is 22.4. The number of nitrogens with zero attached hydrogens (tertiary/aromatic N) is 2. The first-order chi connectivity index (χ1) is 14.9. The van der Waals surface area contributed by atoms with Crippen LogP contribution in [0.2, 0.25) is 5.02 Å². The second kappa shape index (κ2) is 10.0. The predicted molar refractivity (Wildman–Crippen MR) is 112 cm³/mol. The summed E-state index contributed by atoms with van der Waals surface area (Å²) in [6.45, 7) is 1.91. The van der Waals surface area contributed by atoms with Crippen molar-refractivity contribution in [1.29, 1.82) is 0 Å². The van der Waals surface area contributed by atoms with Gasteiger partial charge in [-0.25, -0.2) is 4.98 Å². The Labute approximate surface area is 184 Å². The van der Waals surface area contributed by atoms with E-state index in [0.717, 1.165) is 0 Å². The summed E-state index contributed by atoms with van der Waals surface area (Å²) in [7, 11) is 0. The molecule has 0 aliphatic carbocycles. The maximum Gasteiger partial charge on any atom is 0.311 e. The molecule has 12 heteroatoms. The highest BCUT2D eigenvalue weighted by Gasteiger charge is 2.16. The van der Waals surface area contributed by atoms with Crippen molar-refractivity contribution in [3.8, 4) is 5.75 Å². The summed E-state index contributed by atoms with van der Waals surface area (Å²) in [6, 6.07) is 6.82. The molecule has 31 heavy (non-hydrogen) atoms. The van der Waals surface area contributed by atoms with Crippen LogP contribution in [0.3, 0.4) is 0 Å². The lowest BCUT2D eigenvalue weighted by molar-refractivity contribution is -0.384. The van der Waals surface area contributed by atoms with Crippen molar-refractivity contribution in [2.75, 3.05) is 11.9 Å². The Balaban J connectivity index is 1.58. The number of aromatic nitrogens is 1. The van der Waals surface area contributed by atoms with Crippen LogP contribution in [0.4, 0.5) is 10.8 Å². The van der Waals surface area contributed by atoms with Gasteiger partial charge < -0.3 is 13.9 Å². The fraction of sp³-hybridized carbons (Fsp3) is 0.211. The number of anilines is 1. The number of ether oxygens (including phenoxy) is 2. The van der Waals surface area contributed by atoms with Crippen molar-refractivity contribution in [3.63, 3.8) is 0 Å². The van der Waals surface area contributed by atoms with Crippen LogP contribution in [-0.2, 0) is 22.6 Å². The van der Waals surface area contributed by atoms with Gasteiger partial charge in [-0.1, -0.05) is 11.6 Å². The molecule has 0 radical (unpaired) electrons. The van der Waals surface area contributed by atoms with E-state index in [0.29, 0.717) is 16.6 Å². The minimum absolute atomic E-state index is 0.0165. The van der Waals surface area contributed by atoms with E-state index < -0.39 is 16.8 Å². The van der Waals surface area contributed by atoms with Crippen molar-refractivity contribution in [1.82, 2.24) is 4.98 Å². The molecule has 0 fully saturated rings. The second-order valence-electron chi connectivity index (χ2n) is 6.01. The van der Waals surface area contributed by atoms with E-state index in [1.807, 2.05) is 0 Å². The highest BCUT2D eigenvalue weighted by Crippen LogP contribution is 2.29. The van der Waals surface area contributed by atoms with Gasteiger partial charge in [0.2, 0.25) is 0 Å². The van der Waals surface area contributed by atoms with E-state index in [9.17, 15) is 19.7 Å². The lowest BCUT2D eigenvalue weighted by Gasteiger charge is -2.06. The van der Waals surface area contributed by atoms with Gasteiger partial charge in [0.1, 0.15) is 18.1 Å². The standard InChI is InChI=1S/C19H16ClN3O7S/c1-2-28-17(24)7-11-10-31-19(21-11)22-18(25)15-6-4-13(30-15)9-29-16-8-12(23(26)27)3-5-14(16)20/h3-6,8,10H,2,7,9H2,1H3,(H,21,22,25). The number of halogens is 1. The third-order valence-electron chi connectivity index (χ3n) is 3.78. The third-order valence-corrected chi connectivity index (χ3v) is 4.90. The molecule has 0 bridgehead atoms. The number of benzene rings is 1. The van der Waals surface area contributed by atoms with Gasteiger partial charge in [0, 0.05) is 11.4 Å². The van der Waals surface area contributed by atoms with Gasteiger partial charge in [-0.15, -0.1) is 11.3 Å². The quantitative estimate of drug-likeness (QED) is 0.282. The first kappa shape index (κ1) is 22.2. The maximum atomic E-state index is 12.3. The third kappa shape index (κ3) is 6.03. The lowest BCUT2D eigenvalue weighted by atomic mass is 10.3. The van der Waals surface area contributed by atoms with Crippen molar-refractivity contribution in [2.24, 2.45) is 0 Å². The summed E-state index contributed by atoms with van der Waals surface area (Å²) in [5.74, 6) is -0.474. The molecule has 3 rings (SSSR count). The molecule has 0 spiro atoms. The molecule has 0 aliphatic rings. The second-order valence-corrected chi connectivity index (χ2v) is 7.27. The van der Waals surface area contributed by atoms with Gasteiger partial charge in [0.05, 0.1) is 34.7 Å². The summed E-state index contributed by atoms with van der Waals surface area (Å²) in [6.07, 6.45) is 0.0165. The number of nitro benzene ring substituents is 1. The molecule has 2 aromatic heterocycles. The van der Waals surface area contributed by atoms with E-state index in [1.165, 1.54) is 41.7 Å². The number of thiazole rings is 1. The van der Waals surface area contributed by atoms with Crippen LogP contribution in [0.5, 0.6) is 5.75 Å². The van der Waals surface area contributed by atoms with Gasteiger partial charge in [-0.3, -0.25) is 25.0 Å². The molecule has 1 amide bonds. The number of amides is 1. The molecule has 0 aliphatic heterocycles. The van der Waals surface area contributed by atoms with Crippen LogP contribution in [0.25, 0.3) is 0 Å². The number of non-ortho nitro benzene ring substituents is 1. The van der Waals surface area contributed by atoms with Crippen molar-refractivity contribution in [3.05, 3.63) is 68.1 Å². The number of furan rings is 1. The van der Waals surface area contributed by atoms with Crippen LogP contribution in [0, 0.1) is 10.1 Å². The Morgan fingerprint density at radius 2 is 2.13 bits per heavy atom. The number of carbonyl (C=O) groups excluding carboxylic acids is 2. The van der Waals surface area contributed by atoms with Crippen LogP contribution in [-0.4, -0.2) is 28.4 Å².